The molecule has 134 valence electrons. The average Bonchev–Trinajstić information content (AvgIpc) is 2.57. The molecule has 0 aliphatic heterocycles. The Kier molecular flexibility index (Phi) is 6.98. The van der Waals surface area contributed by atoms with Crippen molar-refractivity contribution in [2.75, 3.05) is 13.7 Å². The zero-order valence-corrected chi connectivity index (χ0v) is 16.0. The first kappa shape index (κ1) is 19.4. The first-order valence-corrected chi connectivity index (χ1v) is 8.65. The molecule has 0 fully saturated rings. The third-order valence-electron chi connectivity index (χ3n) is 3.58. The van der Waals surface area contributed by atoms with Gasteiger partial charge in [-0.2, -0.15) is 8.78 Å². The molecular weight excluding hydrogens is 443 g/mol. The zero-order valence-electron chi connectivity index (χ0n) is 13.8. The molecule has 0 aromatic heterocycles. The van der Waals surface area contributed by atoms with E-state index < -0.39 is 6.61 Å². The second kappa shape index (κ2) is 8.98. The number of carbonyl (C=O) groups is 1. The van der Waals surface area contributed by atoms with Crippen LogP contribution in [0.1, 0.15) is 21.5 Å². The van der Waals surface area contributed by atoms with E-state index in [4.69, 9.17) is 4.74 Å². The van der Waals surface area contributed by atoms with Crippen LogP contribution in [0.25, 0.3) is 0 Å². The van der Waals surface area contributed by atoms with Crippen molar-refractivity contribution in [1.29, 1.82) is 0 Å². The van der Waals surface area contributed by atoms with Gasteiger partial charge in [0.2, 0.25) is 0 Å². The summed E-state index contributed by atoms with van der Waals surface area (Å²) in [6.07, 6.45) is 0.484. The quantitative estimate of drug-likeness (QED) is 0.630. The molecule has 0 aliphatic rings. The first-order valence-electron chi connectivity index (χ1n) is 7.57. The molecule has 0 spiro atoms. The van der Waals surface area contributed by atoms with Crippen molar-refractivity contribution in [3.63, 3.8) is 0 Å². The molecular formula is C18H18F2INO3. The molecule has 0 radical (unpaired) electrons. The molecule has 2 aromatic rings. The lowest BCUT2D eigenvalue weighted by atomic mass is 10.1. The molecule has 7 heteroatoms. The van der Waals surface area contributed by atoms with Crippen molar-refractivity contribution in [3.05, 3.63) is 56.7 Å². The molecule has 2 aromatic carbocycles. The minimum absolute atomic E-state index is 0.0189. The summed E-state index contributed by atoms with van der Waals surface area (Å²) in [4.78, 5) is 12.3. The molecule has 0 unspecified atom stereocenters. The maximum absolute atomic E-state index is 12.4. The van der Waals surface area contributed by atoms with Crippen molar-refractivity contribution in [3.8, 4) is 11.5 Å². The van der Waals surface area contributed by atoms with Gasteiger partial charge < -0.3 is 14.8 Å². The molecule has 0 bridgehead atoms. The summed E-state index contributed by atoms with van der Waals surface area (Å²) in [6.45, 7) is -0.601. The summed E-state index contributed by atoms with van der Waals surface area (Å²) in [5, 5.41) is 2.84. The number of ether oxygens (including phenoxy) is 2. The summed E-state index contributed by atoms with van der Waals surface area (Å²) >= 11 is 2.14. The Morgan fingerprint density at radius 3 is 2.68 bits per heavy atom. The van der Waals surface area contributed by atoms with Gasteiger partial charge in [0.15, 0.2) is 11.5 Å². The maximum atomic E-state index is 12.4. The normalized spacial score (nSPS) is 10.6. The Morgan fingerprint density at radius 1 is 1.24 bits per heavy atom. The van der Waals surface area contributed by atoms with E-state index in [0.717, 1.165) is 14.7 Å². The summed E-state index contributed by atoms with van der Waals surface area (Å²) < 4.78 is 35.3. The second-order valence-corrected chi connectivity index (χ2v) is 6.38. The van der Waals surface area contributed by atoms with Gasteiger partial charge >= 0.3 is 6.61 Å². The Bertz CT molecular complexity index is 753. The zero-order chi connectivity index (χ0) is 18.4. The van der Waals surface area contributed by atoms with Crippen molar-refractivity contribution in [1.82, 2.24) is 5.32 Å². The Labute approximate surface area is 158 Å². The third-order valence-corrected chi connectivity index (χ3v) is 5.01. The smallest absolute Gasteiger partial charge is 0.387 e. The summed E-state index contributed by atoms with van der Waals surface area (Å²) in [6, 6.07) is 10.4. The fourth-order valence-corrected chi connectivity index (χ4v) is 2.91. The lowest BCUT2D eigenvalue weighted by molar-refractivity contribution is -0.0512. The van der Waals surface area contributed by atoms with Crippen LogP contribution in [-0.2, 0) is 6.42 Å². The van der Waals surface area contributed by atoms with Gasteiger partial charge in [-0.1, -0.05) is 18.2 Å². The highest BCUT2D eigenvalue weighted by molar-refractivity contribution is 14.1. The number of methoxy groups -OCH3 is 1. The molecule has 0 saturated heterocycles. The highest BCUT2D eigenvalue weighted by Gasteiger charge is 2.13. The number of nitrogens with one attached hydrogen (secondary N) is 1. The number of amides is 1. The predicted octanol–water partition coefficient (Wildman–Crippen LogP) is 4.18. The van der Waals surface area contributed by atoms with Gasteiger partial charge in [-0.3, -0.25) is 4.79 Å². The third kappa shape index (κ3) is 5.29. The fraction of sp³-hybridized carbons (Fsp3) is 0.278. The van der Waals surface area contributed by atoms with Crippen molar-refractivity contribution < 1.29 is 23.0 Å². The molecule has 0 aliphatic carbocycles. The summed E-state index contributed by atoms with van der Waals surface area (Å²) in [7, 11) is 1.39. The van der Waals surface area contributed by atoms with E-state index in [2.05, 4.69) is 32.6 Å². The van der Waals surface area contributed by atoms with Crippen LogP contribution in [0.5, 0.6) is 11.5 Å². The Balaban J connectivity index is 1.99. The van der Waals surface area contributed by atoms with Gasteiger partial charge in [0.1, 0.15) is 0 Å². The van der Waals surface area contributed by atoms with Crippen LogP contribution in [-0.4, -0.2) is 26.2 Å². The Hall–Kier alpha value is -1.90. The van der Waals surface area contributed by atoms with Crippen LogP contribution in [0.3, 0.4) is 0 Å². The van der Waals surface area contributed by atoms with Gasteiger partial charge in [0.05, 0.1) is 12.7 Å². The molecule has 25 heavy (non-hydrogen) atoms. The SMILES string of the molecule is COc1ccc(CCNC(=O)c2cccc(C)c2I)cc1OC(F)F. The molecule has 2 rings (SSSR count). The number of rotatable bonds is 7. The van der Waals surface area contributed by atoms with Gasteiger partial charge in [0, 0.05) is 10.1 Å². The number of hydrogen-bond donors (Lipinski definition) is 1. The van der Waals surface area contributed by atoms with Gasteiger partial charge in [-0.25, -0.2) is 0 Å². The largest absolute Gasteiger partial charge is 0.493 e. The van der Waals surface area contributed by atoms with E-state index in [1.165, 1.54) is 13.2 Å². The lowest BCUT2D eigenvalue weighted by Gasteiger charge is -2.12. The van der Waals surface area contributed by atoms with Crippen LogP contribution in [0.15, 0.2) is 36.4 Å². The van der Waals surface area contributed by atoms with Crippen LogP contribution in [0, 0.1) is 10.5 Å². The maximum Gasteiger partial charge on any atom is 0.387 e. The van der Waals surface area contributed by atoms with Crippen molar-refractivity contribution in [2.45, 2.75) is 20.0 Å². The van der Waals surface area contributed by atoms with Crippen LogP contribution >= 0.6 is 22.6 Å². The van der Waals surface area contributed by atoms with Gasteiger partial charge in [-0.15, -0.1) is 0 Å². The standard InChI is InChI=1S/C18H18F2INO3/c1-11-4-3-5-13(16(11)21)17(23)22-9-8-12-6-7-14(24-2)15(10-12)25-18(19)20/h3-7,10,18H,8-9H2,1-2H3,(H,22,23). The molecule has 0 atom stereocenters. The van der Waals surface area contributed by atoms with Crippen molar-refractivity contribution in [2.24, 2.45) is 0 Å². The lowest BCUT2D eigenvalue weighted by Crippen LogP contribution is -2.26. The average molecular weight is 461 g/mol. The topological polar surface area (TPSA) is 47.6 Å². The monoisotopic (exact) mass is 461 g/mol. The number of halogens is 3. The fourth-order valence-electron chi connectivity index (χ4n) is 2.30. The van der Waals surface area contributed by atoms with Gasteiger partial charge in [0.25, 0.3) is 5.91 Å². The number of alkyl halides is 2. The first-order chi connectivity index (χ1) is 11.9. The predicted molar refractivity (Wildman–Crippen MR) is 99.6 cm³/mol. The van der Waals surface area contributed by atoms with E-state index in [9.17, 15) is 13.6 Å². The molecule has 1 N–H and O–H groups in total. The molecule has 0 heterocycles. The van der Waals surface area contributed by atoms with E-state index in [1.807, 2.05) is 19.1 Å². The van der Waals surface area contributed by atoms with Crippen molar-refractivity contribution >= 4 is 28.5 Å². The number of benzene rings is 2. The number of carbonyl (C=O) groups excluding carboxylic acids is 1. The molecule has 0 saturated carbocycles. The van der Waals surface area contributed by atoms with E-state index in [0.29, 0.717) is 18.5 Å². The van der Waals surface area contributed by atoms with E-state index in [1.54, 1.807) is 18.2 Å². The highest BCUT2D eigenvalue weighted by Crippen LogP contribution is 2.29. The molecule has 1 amide bonds. The minimum Gasteiger partial charge on any atom is -0.493 e. The highest BCUT2D eigenvalue weighted by atomic mass is 127. The molecule has 4 nitrogen and oxygen atoms in total. The summed E-state index contributed by atoms with van der Waals surface area (Å²) in [5.41, 5.74) is 2.42. The van der Waals surface area contributed by atoms with E-state index in [-0.39, 0.29) is 17.4 Å². The van der Waals surface area contributed by atoms with Crippen LogP contribution in [0.4, 0.5) is 8.78 Å². The van der Waals surface area contributed by atoms with Crippen LogP contribution in [0.2, 0.25) is 0 Å². The summed E-state index contributed by atoms with van der Waals surface area (Å²) in [5.74, 6) is 0.0580. The minimum atomic E-state index is -2.92. The van der Waals surface area contributed by atoms with Gasteiger partial charge in [-0.05, 0) is 65.3 Å². The number of aryl methyl sites for hydroxylation is 1. The van der Waals surface area contributed by atoms with Crippen LogP contribution < -0.4 is 14.8 Å². The number of hydrogen-bond acceptors (Lipinski definition) is 3. The van der Waals surface area contributed by atoms with E-state index >= 15 is 0 Å². The second-order valence-electron chi connectivity index (χ2n) is 5.31. The Morgan fingerprint density at radius 2 is 2.00 bits per heavy atom.